The Balaban J connectivity index is 1.91. The lowest BCUT2D eigenvalue weighted by atomic mass is 10.0. The number of aliphatic hydroxyl groups is 1. The van der Waals surface area contributed by atoms with Crippen LogP contribution >= 0.6 is 11.8 Å². The van der Waals surface area contributed by atoms with E-state index in [1.807, 2.05) is 23.9 Å². The van der Waals surface area contributed by atoms with Gasteiger partial charge in [0.2, 0.25) is 10.0 Å². The fourth-order valence-corrected chi connectivity index (χ4v) is 4.70. The molecule has 0 bridgehead atoms. The van der Waals surface area contributed by atoms with E-state index in [1.54, 1.807) is 12.1 Å². The summed E-state index contributed by atoms with van der Waals surface area (Å²) in [4.78, 5) is 0.320. The van der Waals surface area contributed by atoms with E-state index in [4.69, 9.17) is 5.11 Å². The molecule has 21 heavy (non-hydrogen) atoms. The Labute approximate surface area is 131 Å². The molecule has 1 aliphatic rings. The van der Waals surface area contributed by atoms with E-state index in [2.05, 4.69) is 4.72 Å². The van der Waals surface area contributed by atoms with Crippen molar-refractivity contribution in [2.24, 2.45) is 5.92 Å². The van der Waals surface area contributed by atoms with Crippen LogP contribution in [-0.4, -0.2) is 38.2 Å². The fourth-order valence-electron chi connectivity index (χ4n) is 2.38. The zero-order valence-electron chi connectivity index (χ0n) is 12.1. The second-order valence-corrected chi connectivity index (χ2v) is 8.37. The predicted octanol–water partition coefficient (Wildman–Crippen LogP) is 2.03. The average molecular weight is 329 g/mol. The number of aliphatic hydroxyl groups excluding tert-OH is 1. The molecule has 0 amide bonds. The normalized spacial score (nSPS) is 17.0. The first-order chi connectivity index (χ1) is 10.1. The van der Waals surface area contributed by atoms with Gasteiger partial charge in [-0.2, -0.15) is 11.8 Å². The van der Waals surface area contributed by atoms with Gasteiger partial charge >= 0.3 is 0 Å². The molecule has 1 aliphatic heterocycles. The Hall–Kier alpha value is -0.560. The molecule has 2 rings (SSSR count). The molecule has 0 saturated carbocycles. The number of rotatable bonds is 7. The van der Waals surface area contributed by atoms with Gasteiger partial charge in [0.15, 0.2) is 0 Å². The van der Waals surface area contributed by atoms with Crippen LogP contribution < -0.4 is 4.72 Å². The van der Waals surface area contributed by atoms with E-state index in [-0.39, 0.29) is 6.61 Å². The standard InChI is InChI=1S/C15H23NO3S2/c17-9-1-2-13-3-5-15(6-4-13)21(18,19)16-12-14-7-10-20-11-8-14/h3-6,14,16-17H,1-2,7-12H2. The van der Waals surface area contributed by atoms with Crippen molar-refractivity contribution in [3.63, 3.8) is 0 Å². The second kappa shape index (κ2) is 8.17. The second-order valence-electron chi connectivity index (χ2n) is 5.38. The number of hydrogen-bond acceptors (Lipinski definition) is 4. The molecule has 0 aliphatic carbocycles. The van der Waals surface area contributed by atoms with Crippen molar-refractivity contribution in [1.29, 1.82) is 0 Å². The quantitative estimate of drug-likeness (QED) is 0.803. The third kappa shape index (κ3) is 5.29. The van der Waals surface area contributed by atoms with Crippen molar-refractivity contribution < 1.29 is 13.5 Å². The molecular weight excluding hydrogens is 306 g/mol. The Morgan fingerprint density at radius 3 is 2.48 bits per heavy atom. The van der Waals surface area contributed by atoms with E-state index < -0.39 is 10.0 Å². The van der Waals surface area contributed by atoms with Crippen molar-refractivity contribution >= 4 is 21.8 Å². The van der Waals surface area contributed by atoms with E-state index in [0.717, 1.165) is 36.3 Å². The van der Waals surface area contributed by atoms with E-state index in [0.29, 0.717) is 23.8 Å². The van der Waals surface area contributed by atoms with Crippen LogP contribution in [0.25, 0.3) is 0 Å². The smallest absolute Gasteiger partial charge is 0.240 e. The van der Waals surface area contributed by atoms with Crippen LogP contribution in [0.2, 0.25) is 0 Å². The van der Waals surface area contributed by atoms with Crippen LogP contribution in [0.3, 0.4) is 0 Å². The molecule has 0 aromatic heterocycles. The summed E-state index contributed by atoms with van der Waals surface area (Å²) in [5.74, 6) is 2.72. The molecule has 0 unspecified atom stereocenters. The lowest BCUT2D eigenvalue weighted by molar-refractivity contribution is 0.288. The van der Waals surface area contributed by atoms with E-state index in [9.17, 15) is 8.42 Å². The molecular formula is C15H23NO3S2. The van der Waals surface area contributed by atoms with Gasteiger partial charge in [-0.3, -0.25) is 0 Å². The molecule has 1 aromatic carbocycles. The van der Waals surface area contributed by atoms with Crippen LogP contribution in [0.5, 0.6) is 0 Å². The zero-order chi connectivity index (χ0) is 15.1. The molecule has 0 radical (unpaired) electrons. The highest BCUT2D eigenvalue weighted by molar-refractivity contribution is 7.99. The van der Waals surface area contributed by atoms with Crippen LogP contribution in [0.1, 0.15) is 24.8 Å². The third-order valence-corrected chi connectivity index (χ3v) is 6.25. The Morgan fingerprint density at radius 2 is 1.86 bits per heavy atom. The maximum atomic E-state index is 12.2. The first kappa shape index (κ1) is 16.8. The molecule has 1 heterocycles. The minimum absolute atomic E-state index is 0.154. The van der Waals surface area contributed by atoms with Crippen LogP contribution in [0.4, 0.5) is 0 Å². The highest BCUT2D eigenvalue weighted by Crippen LogP contribution is 2.22. The zero-order valence-corrected chi connectivity index (χ0v) is 13.8. The van der Waals surface area contributed by atoms with Gasteiger partial charge in [-0.15, -0.1) is 0 Å². The summed E-state index contributed by atoms with van der Waals surface area (Å²) in [5.41, 5.74) is 1.05. The van der Waals surface area contributed by atoms with Crippen LogP contribution in [0.15, 0.2) is 29.2 Å². The van der Waals surface area contributed by atoms with Crippen molar-refractivity contribution in [1.82, 2.24) is 4.72 Å². The van der Waals surface area contributed by atoms with Gasteiger partial charge in [0.05, 0.1) is 4.90 Å². The van der Waals surface area contributed by atoms with E-state index >= 15 is 0 Å². The van der Waals surface area contributed by atoms with Gasteiger partial charge in [-0.05, 0) is 60.8 Å². The van der Waals surface area contributed by atoms with Crippen molar-refractivity contribution in [3.8, 4) is 0 Å². The highest BCUT2D eigenvalue weighted by Gasteiger charge is 2.18. The van der Waals surface area contributed by atoms with E-state index in [1.165, 1.54) is 0 Å². The first-order valence-corrected chi connectivity index (χ1v) is 10.0. The summed E-state index contributed by atoms with van der Waals surface area (Å²) in [5, 5.41) is 8.80. The number of thioether (sulfide) groups is 1. The first-order valence-electron chi connectivity index (χ1n) is 7.39. The molecule has 1 saturated heterocycles. The van der Waals surface area contributed by atoms with Gasteiger partial charge < -0.3 is 5.11 Å². The lowest BCUT2D eigenvalue weighted by Crippen LogP contribution is -2.31. The van der Waals surface area contributed by atoms with Crippen LogP contribution in [0, 0.1) is 5.92 Å². The molecule has 118 valence electrons. The topological polar surface area (TPSA) is 66.4 Å². The van der Waals surface area contributed by atoms with Gasteiger partial charge in [0, 0.05) is 13.2 Å². The largest absolute Gasteiger partial charge is 0.396 e. The number of nitrogens with one attached hydrogen (secondary N) is 1. The molecule has 0 atom stereocenters. The maximum absolute atomic E-state index is 12.2. The minimum atomic E-state index is -3.40. The number of aryl methyl sites for hydroxylation is 1. The fraction of sp³-hybridized carbons (Fsp3) is 0.600. The summed E-state index contributed by atoms with van der Waals surface area (Å²) < 4.78 is 27.2. The summed E-state index contributed by atoms with van der Waals surface area (Å²) in [6.45, 7) is 0.691. The molecule has 0 spiro atoms. The predicted molar refractivity (Wildman–Crippen MR) is 87.1 cm³/mol. The van der Waals surface area contributed by atoms with Crippen molar-refractivity contribution in [2.45, 2.75) is 30.6 Å². The highest BCUT2D eigenvalue weighted by atomic mass is 32.2. The van der Waals surface area contributed by atoms with Gasteiger partial charge in [0.25, 0.3) is 0 Å². The Kier molecular flexibility index (Phi) is 6.54. The molecule has 1 fully saturated rings. The third-order valence-electron chi connectivity index (χ3n) is 3.76. The number of hydrogen-bond donors (Lipinski definition) is 2. The summed E-state index contributed by atoms with van der Waals surface area (Å²) in [6.07, 6.45) is 3.65. The molecule has 4 nitrogen and oxygen atoms in total. The van der Waals surface area contributed by atoms with Gasteiger partial charge in [-0.25, -0.2) is 13.1 Å². The van der Waals surface area contributed by atoms with Crippen LogP contribution in [-0.2, 0) is 16.4 Å². The summed E-state index contributed by atoms with van der Waals surface area (Å²) >= 11 is 1.94. The van der Waals surface area contributed by atoms with Crippen molar-refractivity contribution in [2.75, 3.05) is 24.7 Å². The molecule has 1 aromatic rings. The Bertz CT molecular complexity index is 522. The Morgan fingerprint density at radius 1 is 1.19 bits per heavy atom. The van der Waals surface area contributed by atoms with Gasteiger partial charge in [-0.1, -0.05) is 12.1 Å². The van der Waals surface area contributed by atoms with Crippen molar-refractivity contribution in [3.05, 3.63) is 29.8 Å². The number of benzene rings is 1. The SMILES string of the molecule is O=S(=O)(NCC1CCSCC1)c1ccc(CCCO)cc1. The summed E-state index contributed by atoms with van der Waals surface area (Å²) in [7, 11) is -3.40. The molecule has 2 N–H and O–H groups in total. The molecule has 6 heteroatoms. The lowest BCUT2D eigenvalue weighted by Gasteiger charge is -2.21. The minimum Gasteiger partial charge on any atom is -0.396 e. The summed E-state index contributed by atoms with van der Waals surface area (Å²) in [6, 6.07) is 6.93. The average Bonchev–Trinajstić information content (AvgIpc) is 2.52. The number of sulfonamides is 1. The maximum Gasteiger partial charge on any atom is 0.240 e. The van der Waals surface area contributed by atoms with Gasteiger partial charge in [0.1, 0.15) is 0 Å². The monoisotopic (exact) mass is 329 g/mol.